The van der Waals surface area contributed by atoms with Gasteiger partial charge in [-0.3, -0.25) is 0 Å². The van der Waals surface area contributed by atoms with Gasteiger partial charge in [-0.1, -0.05) is 0 Å². The molecule has 0 saturated carbocycles. The molecule has 4 heteroatoms. The van der Waals surface area contributed by atoms with Crippen LogP contribution in [0.25, 0.3) is 0 Å². The van der Waals surface area contributed by atoms with E-state index < -0.39 is 0 Å². The third kappa shape index (κ3) is 8.96. The maximum Gasteiger partial charge on any atom is 4.00 e. The third-order valence-electron chi connectivity index (χ3n) is 0. The van der Waals surface area contributed by atoms with Crippen LogP contribution in [0.1, 0.15) is 0 Å². The normalized spacial score (nSPS) is 0. The summed E-state index contributed by atoms with van der Waals surface area (Å²) in [5, 5.41) is 0. The van der Waals surface area contributed by atoms with Gasteiger partial charge in [-0.25, -0.2) is 0 Å². The Kier molecular flexibility index (Phi) is 179. The second kappa shape index (κ2) is 19.6. The van der Waals surface area contributed by atoms with Crippen molar-refractivity contribution in [1.82, 2.24) is 0 Å². The molecule has 0 N–H and O–H groups in total. The van der Waals surface area contributed by atoms with Crippen LogP contribution in [0.4, 0.5) is 0 Å². The first-order valence-corrected chi connectivity index (χ1v) is 0. The fourth-order valence-electron chi connectivity index (χ4n) is 0. The van der Waals surface area contributed by atoms with Crippen LogP contribution in [0.2, 0.25) is 0 Å². The van der Waals surface area contributed by atoms with E-state index in [1.54, 1.807) is 0 Å². The molecule has 0 spiro atoms. The zero-order valence-corrected chi connectivity index (χ0v) is 7.64. The van der Waals surface area contributed by atoms with Crippen molar-refractivity contribution in [3.8, 4) is 0 Å². The van der Waals surface area contributed by atoms with Gasteiger partial charge in [0, 0.05) is 0 Å². The summed E-state index contributed by atoms with van der Waals surface area (Å²) in [4.78, 5) is 0. The van der Waals surface area contributed by atoms with E-state index in [1.807, 2.05) is 0 Å². The summed E-state index contributed by atoms with van der Waals surface area (Å²) in [6.45, 7) is 0. The van der Waals surface area contributed by atoms with E-state index in [-0.39, 0.29) is 70.1 Å². The maximum atomic E-state index is 0. The fourth-order valence-corrected chi connectivity index (χ4v) is 0. The summed E-state index contributed by atoms with van der Waals surface area (Å²) >= 11 is 0. The first-order valence-electron chi connectivity index (χ1n) is 0. The molecule has 0 aromatic carbocycles. The monoisotopic (exact) mass is 353 g/mol. The summed E-state index contributed by atoms with van der Waals surface area (Å²) in [5.74, 6) is 0. The molecule has 4 heavy (non-hydrogen) atoms. The molecule has 0 amide bonds. The molecule has 1 radical (unpaired) electrons. The summed E-state index contributed by atoms with van der Waals surface area (Å²) in [6.07, 6.45) is 0. The van der Waals surface area contributed by atoms with Crippen molar-refractivity contribution in [1.29, 1.82) is 0 Å². The Labute approximate surface area is 69.4 Å². The van der Waals surface area contributed by atoms with Gasteiger partial charge in [0.25, 0.3) is 0 Å². The SMILES string of the molecule is [Cr+3].[O-2].[Pt+2].[Zr+4]. The Morgan fingerprint density at radius 1 is 1.00 bits per heavy atom. The quantitative estimate of drug-likeness (QED) is 0.580. The minimum Gasteiger partial charge on any atom is -2.00 e. The summed E-state index contributed by atoms with van der Waals surface area (Å²) < 4.78 is 0. The Morgan fingerprint density at radius 2 is 1.00 bits per heavy atom. The smallest absolute Gasteiger partial charge is 2.00 e. The van der Waals surface area contributed by atoms with Crippen molar-refractivity contribution >= 4 is 0 Å². The molecule has 0 unspecified atom stereocenters. The van der Waals surface area contributed by atoms with Crippen LogP contribution in [-0.4, -0.2) is 0 Å². The zero-order chi connectivity index (χ0) is 0. The van der Waals surface area contributed by atoms with Crippen molar-refractivity contribution in [2.24, 2.45) is 0 Å². The standard InChI is InChI=1S/Cr.O.Pt.Zr/q+3;-2;+2;+4. The van der Waals surface area contributed by atoms with Crippen LogP contribution in [0.5, 0.6) is 0 Å². The molecule has 19 valence electrons. The van der Waals surface area contributed by atoms with Crippen molar-refractivity contribution in [2.45, 2.75) is 0 Å². The first kappa shape index (κ1) is 36.5. The predicted molar refractivity (Wildman–Crippen MR) is 0.686 cm³/mol. The number of hydrogen-bond acceptors (Lipinski definition) is 0. The molecule has 0 aromatic heterocycles. The molecule has 1 nitrogen and oxygen atoms in total. The topological polar surface area (TPSA) is 28.5 Å². The molecule has 0 rings (SSSR count). The van der Waals surface area contributed by atoms with Crippen LogP contribution in [0, 0.1) is 0 Å². The second-order valence-corrected chi connectivity index (χ2v) is 0. The van der Waals surface area contributed by atoms with E-state index >= 15 is 0 Å². The molecule has 0 aromatic rings. The minimum atomic E-state index is 0. The Morgan fingerprint density at radius 3 is 1.00 bits per heavy atom. The average molecular weight is 354 g/mol. The van der Waals surface area contributed by atoms with Gasteiger partial charge < -0.3 is 5.48 Å². The number of rotatable bonds is 0. The van der Waals surface area contributed by atoms with Gasteiger partial charge in [-0.2, -0.15) is 0 Å². The van der Waals surface area contributed by atoms with Crippen molar-refractivity contribution < 1.29 is 70.1 Å². The van der Waals surface area contributed by atoms with Crippen molar-refractivity contribution in [2.75, 3.05) is 0 Å². The molecule has 0 aliphatic heterocycles. The summed E-state index contributed by atoms with van der Waals surface area (Å²) in [5.41, 5.74) is 0. The van der Waals surface area contributed by atoms with Gasteiger partial charge in [0.05, 0.1) is 0 Å². The molecular formula is CrOPtZr+7. The molecule has 0 heterocycles. The molecule has 0 aliphatic carbocycles. The molecule has 0 saturated heterocycles. The van der Waals surface area contributed by atoms with E-state index in [2.05, 4.69) is 0 Å². The van der Waals surface area contributed by atoms with Gasteiger partial charge in [-0.15, -0.1) is 0 Å². The van der Waals surface area contributed by atoms with E-state index in [1.165, 1.54) is 0 Å². The fraction of sp³-hybridized carbons (Fsp3) is 0. The van der Waals surface area contributed by atoms with Crippen LogP contribution < -0.4 is 0 Å². The van der Waals surface area contributed by atoms with Gasteiger partial charge >= 0.3 is 64.6 Å². The van der Waals surface area contributed by atoms with Gasteiger partial charge in [-0.05, 0) is 0 Å². The van der Waals surface area contributed by atoms with Crippen LogP contribution >= 0.6 is 0 Å². The van der Waals surface area contributed by atoms with Gasteiger partial charge in [0.2, 0.25) is 0 Å². The van der Waals surface area contributed by atoms with Crippen LogP contribution in [0.15, 0.2) is 0 Å². The van der Waals surface area contributed by atoms with Crippen molar-refractivity contribution in [3.63, 3.8) is 0 Å². The summed E-state index contributed by atoms with van der Waals surface area (Å²) in [6, 6.07) is 0. The molecule has 0 bridgehead atoms. The number of hydrogen-bond donors (Lipinski definition) is 0. The van der Waals surface area contributed by atoms with E-state index in [9.17, 15) is 0 Å². The van der Waals surface area contributed by atoms with Crippen LogP contribution in [0.3, 0.4) is 0 Å². The molecule has 0 atom stereocenters. The largest absolute Gasteiger partial charge is 4.00 e. The Balaban J connectivity index is 0. The van der Waals surface area contributed by atoms with Gasteiger partial charge in [0.1, 0.15) is 0 Å². The zero-order valence-electron chi connectivity index (χ0n) is 1.63. The maximum absolute atomic E-state index is 0. The van der Waals surface area contributed by atoms with Gasteiger partial charge in [0.15, 0.2) is 0 Å². The third-order valence-corrected chi connectivity index (χ3v) is 0. The van der Waals surface area contributed by atoms with Crippen LogP contribution in [-0.2, 0) is 70.1 Å². The molecule has 0 aliphatic rings. The Hall–Kier alpha value is 2.06. The van der Waals surface area contributed by atoms with E-state index in [4.69, 9.17) is 0 Å². The van der Waals surface area contributed by atoms with Crippen molar-refractivity contribution in [3.05, 3.63) is 0 Å². The molecular weight excluding hydrogens is 354 g/mol. The second-order valence-electron chi connectivity index (χ2n) is 0. The average Bonchev–Trinajstić information content (AvgIpc) is 0. The molecule has 0 fully saturated rings. The van der Waals surface area contributed by atoms with E-state index in [0.717, 1.165) is 0 Å². The predicted octanol–water partition coefficient (Wildman–Crippen LogP) is -0.126. The minimum absolute atomic E-state index is 0. The van der Waals surface area contributed by atoms with E-state index in [0.29, 0.717) is 0 Å². The summed E-state index contributed by atoms with van der Waals surface area (Å²) in [7, 11) is 0. The first-order chi connectivity index (χ1) is 0. The Bertz CT molecular complexity index is 8.00.